The number of aryl methyl sites for hydroxylation is 1. The van der Waals surface area contributed by atoms with E-state index in [1.54, 1.807) is 0 Å². The van der Waals surface area contributed by atoms with E-state index in [-0.39, 0.29) is 0 Å². The molecule has 2 rings (SSSR count). The van der Waals surface area contributed by atoms with Crippen LogP contribution in [0.4, 0.5) is 5.82 Å². The van der Waals surface area contributed by atoms with Crippen molar-refractivity contribution in [1.82, 2.24) is 4.98 Å². The number of aromatic nitrogens is 1. The molecule has 14 heavy (non-hydrogen) atoms. The lowest BCUT2D eigenvalue weighted by atomic mass is 10.1. The summed E-state index contributed by atoms with van der Waals surface area (Å²) < 4.78 is 0. The first kappa shape index (κ1) is 9.28. The molecule has 0 fully saturated rings. The maximum absolute atomic E-state index is 5.90. The molecule has 72 valence electrons. The van der Waals surface area contributed by atoms with Crippen LogP contribution in [-0.2, 0) is 6.42 Å². The molecule has 3 heteroatoms. The highest BCUT2D eigenvalue weighted by atomic mass is 35.5. The summed E-state index contributed by atoms with van der Waals surface area (Å²) in [5, 5.41) is 2.78. The van der Waals surface area contributed by atoms with Crippen LogP contribution in [0.3, 0.4) is 0 Å². The van der Waals surface area contributed by atoms with E-state index in [1.165, 1.54) is 5.56 Å². The molecule has 0 saturated heterocycles. The van der Waals surface area contributed by atoms with Gasteiger partial charge in [-0.25, -0.2) is 4.98 Å². The number of rotatable bonds is 1. The van der Waals surface area contributed by atoms with Gasteiger partial charge in [0.05, 0.1) is 0 Å². The van der Waals surface area contributed by atoms with Crippen LogP contribution in [0.15, 0.2) is 24.4 Å². The molecule has 1 aromatic heterocycles. The quantitative estimate of drug-likeness (QED) is 0.779. The molecular weight excluding hydrogens is 196 g/mol. The van der Waals surface area contributed by atoms with Gasteiger partial charge in [0.2, 0.25) is 0 Å². The van der Waals surface area contributed by atoms with Crippen molar-refractivity contribution in [3.63, 3.8) is 0 Å². The van der Waals surface area contributed by atoms with Crippen molar-refractivity contribution < 1.29 is 0 Å². The summed E-state index contributed by atoms with van der Waals surface area (Å²) in [6, 6.07) is 5.73. The second kappa shape index (κ2) is 3.46. The van der Waals surface area contributed by atoms with E-state index in [2.05, 4.69) is 11.9 Å². The number of nitrogens with two attached hydrogens (primary N) is 1. The molecule has 0 amide bonds. The summed E-state index contributed by atoms with van der Waals surface area (Å²) in [6.45, 7) is 2.10. The molecule has 0 aliphatic rings. The van der Waals surface area contributed by atoms with Crippen LogP contribution in [0.5, 0.6) is 0 Å². The van der Waals surface area contributed by atoms with Gasteiger partial charge in [-0.1, -0.05) is 24.6 Å². The Bertz CT molecular complexity index is 480. The van der Waals surface area contributed by atoms with E-state index < -0.39 is 0 Å². The SMILES string of the molecule is CCc1cnc(N)c2cc(Cl)ccc12. The van der Waals surface area contributed by atoms with Gasteiger partial charge in [0.25, 0.3) is 0 Å². The highest BCUT2D eigenvalue weighted by molar-refractivity contribution is 6.31. The third-order valence-corrected chi connectivity index (χ3v) is 2.58. The molecule has 0 saturated carbocycles. The summed E-state index contributed by atoms with van der Waals surface area (Å²) in [7, 11) is 0. The monoisotopic (exact) mass is 206 g/mol. The summed E-state index contributed by atoms with van der Waals surface area (Å²) in [4.78, 5) is 4.14. The number of pyridine rings is 1. The molecule has 0 bridgehead atoms. The topological polar surface area (TPSA) is 38.9 Å². The third kappa shape index (κ3) is 1.42. The molecule has 0 aliphatic heterocycles. The lowest BCUT2D eigenvalue weighted by Gasteiger charge is -2.06. The highest BCUT2D eigenvalue weighted by Gasteiger charge is 2.04. The summed E-state index contributed by atoms with van der Waals surface area (Å²) >= 11 is 5.90. The van der Waals surface area contributed by atoms with Crippen LogP contribution >= 0.6 is 11.6 Å². The van der Waals surface area contributed by atoms with Gasteiger partial charge in [-0.3, -0.25) is 0 Å². The Morgan fingerprint density at radius 2 is 2.14 bits per heavy atom. The van der Waals surface area contributed by atoms with Gasteiger partial charge in [0.1, 0.15) is 5.82 Å². The lowest BCUT2D eigenvalue weighted by Crippen LogP contribution is -1.94. The zero-order valence-corrected chi connectivity index (χ0v) is 8.67. The first-order valence-electron chi connectivity index (χ1n) is 4.55. The second-order valence-electron chi connectivity index (χ2n) is 3.21. The second-order valence-corrected chi connectivity index (χ2v) is 3.65. The van der Waals surface area contributed by atoms with Crippen LogP contribution in [0, 0.1) is 0 Å². The Labute approximate surface area is 87.7 Å². The fraction of sp³-hybridized carbons (Fsp3) is 0.182. The highest BCUT2D eigenvalue weighted by Crippen LogP contribution is 2.25. The average Bonchev–Trinajstić information content (AvgIpc) is 2.19. The van der Waals surface area contributed by atoms with E-state index in [1.807, 2.05) is 24.4 Å². The van der Waals surface area contributed by atoms with Crippen molar-refractivity contribution in [3.8, 4) is 0 Å². The number of anilines is 1. The maximum atomic E-state index is 5.90. The number of nitrogens with zero attached hydrogens (tertiary/aromatic N) is 1. The predicted molar refractivity (Wildman–Crippen MR) is 60.5 cm³/mol. The van der Waals surface area contributed by atoms with Gasteiger partial charge < -0.3 is 5.73 Å². The van der Waals surface area contributed by atoms with Gasteiger partial charge in [0, 0.05) is 16.6 Å². The van der Waals surface area contributed by atoms with Crippen molar-refractivity contribution in [2.45, 2.75) is 13.3 Å². The van der Waals surface area contributed by atoms with Gasteiger partial charge in [-0.2, -0.15) is 0 Å². The lowest BCUT2D eigenvalue weighted by molar-refractivity contribution is 1.13. The van der Waals surface area contributed by atoms with Crippen LogP contribution in [-0.4, -0.2) is 4.98 Å². The molecule has 0 spiro atoms. The number of fused-ring (bicyclic) bond motifs is 1. The van der Waals surface area contributed by atoms with Crippen molar-refractivity contribution >= 4 is 28.2 Å². The summed E-state index contributed by atoms with van der Waals surface area (Å²) in [5.41, 5.74) is 6.98. The maximum Gasteiger partial charge on any atom is 0.131 e. The fourth-order valence-electron chi connectivity index (χ4n) is 1.58. The smallest absolute Gasteiger partial charge is 0.131 e. The third-order valence-electron chi connectivity index (χ3n) is 2.34. The normalized spacial score (nSPS) is 10.7. The molecule has 0 radical (unpaired) electrons. The zero-order chi connectivity index (χ0) is 10.1. The molecular formula is C11H11ClN2. The van der Waals surface area contributed by atoms with E-state index in [0.717, 1.165) is 17.2 Å². The first-order valence-corrected chi connectivity index (χ1v) is 4.92. The van der Waals surface area contributed by atoms with Crippen LogP contribution in [0.1, 0.15) is 12.5 Å². The minimum Gasteiger partial charge on any atom is -0.383 e. The number of hydrogen-bond donors (Lipinski definition) is 1. The molecule has 2 N–H and O–H groups in total. The minimum absolute atomic E-state index is 0.541. The predicted octanol–water partition coefficient (Wildman–Crippen LogP) is 3.03. The Kier molecular flexibility index (Phi) is 2.30. The van der Waals surface area contributed by atoms with Gasteiger partial charge in [0.15, 0.2) is 0 Å². The van der Waals surface area contributed by atoms with Gasteiger partial charge >= 0.3 is 0 Å². The fourth-order valence-corrected chi connectivity index (χ4v) is 1.75. The van der Waals surface area contributed by atoms with Crippen LogP contribution in [0.25, 0.3) is 10.8 Å². The van der Waals surface area contributed by atoms with Crippen LogP contribution in [0.2, 0.25) is 5.02 Å². The Morgan fingerprint density at radius 1 is 1.36 bits per heavy atom. The minimum atomic E-state index is 0.541. The van der Waals surface area contributed by atoms with Crippen LogP contribution < -0.4 is 5.73 Å². The van der Waals surface area contributed by atoms with Crippen molar-refractivity contribution in [1.29, 1.82) is 0 Å². The van der Waals surface area contributed by atoms with E-state index in [4.69, 9.17) is 17.3 Å². The van der Waals surface area contributed by atoms with E-state index in [9.17, 15) is 0 Å². The standard InChI is InChI=1S/C11H11ClN2/c1-2-7-6-14-11(13)10-5-8(12)3-4-9(7)10/h3-6H,2H2,1H3,(H2,13,14). The molecule has 1 heterocycles. The Hall–Kier alpha value is -1.28. The van der Waals surface area contributed by atoms with Gasteiger partial charge in [-0.05, 0) is 29.5 Å². The van der Waals surface area contributed by atoms with E-state index >= 15 is 0 Å². The largest absolute Gasteiger partial charge is 0.383 e. The summed E-state index contributed by atoms with van der Waals surface area (Å²) in [5.74, 6) is 0.541. The summed E-state index contributed by atoms with van der Waals surface area (Å²) in [6.07, 6.45) is 2.77. The molecule has 0 atom stereocenters. The first-order chi connectivity index (χ1) is 6.72. The number of halogens is 1. The molecule has 1 aromatic carbocycles. The number of benzene rings is 1. The van der Waals surface area contributed by atoms with Gasteiger partial charge in [-0.15, -0.1) is 0 Å². The zero-order valence-electron chi connectivity index (χ0n) is 7.92. The van der Waals surface area contributed by atoms with Crippen molar-refractivity contribution in [2.75, 3.05) is 5.73 Å². The molecule has 0 aliphatic carbocycles. The number of hydrogen-bond acceptors (Lipinski definition) is 2. The Morgan fingerprint density at radius 3 is 2.86 bits per heavy atom. The average molecular weight is 207 g/mol. The molecule has 0 unspecified atom stereocenters. The van der Waals surface area contributed by atoms with E-state index in [0.29, 0.717) is 10.8 Å². The van der Waals surface area contributed by atoms with Crippen molar-refractivity contribution in [2.24, 2.45) is 0 Å². The Balaban J connectivity index is 2.84. The number of nitrogen functional groups attached to an aromatic ring is 1. The molecule has 2 aromatic rings. The van der Waals surface area contributed by atoms with Crippen molar-refractivity contribution in [3.05, 3.63) is 35.0 Å². The molecule has 2 nitrogen and oxygen atoms in total.